The summed E-state index contributed by atoms with van der Waals surface area (Å²) in [5.41, 5.74) is 2.72. The van der Waals surface area contributed by atoms with Crippen molar-refractivity contribution < 1.29 is 0 Å². The van der Waals surface area contributed by atoms with Gasteiger partial charge in [0, 0.05) is 11.0 Å². The first-order valence-electron chi connectivity index (χ1n) is 7.79. The molecule has 1 nitrogen and oxygen atoms in total. The Hall–Kier alpha value is -0.940. The van der Waals surface area contributed by atoms with Gasteiger partial charge in [-0.05, 0) is 37.7 Å². The van der Waals surface area contributed by atoms with E-state index >= 15 is 0 Å². The lowest BCUT2D eigenvalue weighted by atomic mass is 9.80. The van der Waals surface area contributed by atoms with E-state index in [2.05, 4.69) is 44.2 Å². The van der Waals surface area contributed by atoms with E-state index in [1.54, 1.807) is 0 Å². The van der Waals surface area contributed by atoms with Gasteiger partial charge in [-0.15, -0.1) is 0 Å². The van der Waals surface area contributed by atoms with Crippen LogP contribution in [0.1, 0.15) is 50.2 Å². The Morgan fingerprint density at radius 3 is 2.90 bits per heavy atom. The van der Waals surface area contributed by atoms with Gasteiger partial charge in [0.25, 0.3) is 0 Å². The van der Waals surface area contributed by atoms with Crippen LogP contribution in [0.5, 0.6) is 0 Å². The molecule has 2 rings (SSSR count). The lowest BCUT2D eigenvalue weighted by Gasteiger charge is -2.32. The zero-order chi connectivity index (χ0) is 14.4. The number of aryl methyl sites for hydroxylation is 1. The summed E-state index contributed by atoms with van der Waals surface area (Å²) in [7, 11) is 0. The van der Waals surface area contributed by atoms with Crippen LogP contribution in [0, 0.1) is 30.1 Å². The number of rotatable bonds is 5. The summed E-state index contributed by atoms with van der Waals surface area (Å²) in [6, 6.07) is 11.3. The van der Waals surface area contributed by atoms with Crippen LogP contribution in [0.2, 0.25) is 0 Å². The van der Waals surface area contributed by atoms with Gasteiger partial charge in [-0.1, -0.05) is 49.6 Å². The molecule has 0 aliphatic heterocycles. The molecule has 0 N–H and O–H groups in total. The molecule has 2 heteroatoms. The molecule has 1 aromatic rings. The summed E-state index contributed by atoms with van der Waals surface area (Å²) in [5.74, 6) is 2.15. The summed E-state index contributed by atoms with van der Waals surface area (Å²) >= 11 is 2.00. The molecular weight excluding hydrogens is 262 g/mol. The van der Waals surface area contributed by atoms with Crippen LogP contribution >= 0.6 is 11.8 Å². The molecule has 0 amide bonds. The molecule has 1 aliphatic rings. The molecule has 108 valence electrons. The van der Waals surface area contributed by atoms with E-state index in [0.717, 1.165) is 18.1 Å². The van der Waals surface area contributed by atoms with Crippen LogP contribution in [0.15, 0.2) is 24.3 Å². The van der Waals surface area contributed by atoms with Gasteiger partial charge in [0.1, 0.15) is 0 Å². The second-order valence-electron chi connectivity index (χ2n) is 6.04. The van der Waals surface area contributed by atoms with Crippen LogP contribution in [-0.4, -0.2) is 5.25 Å². The Morgan fingerprint density at radius 1 is 1.35 bits per heavy atom. The highest BCUT2D eigenvalue weighted by atomic mass is 32.2. The molecule has 0 bridgehead atoms. The van der Waals surface area contributed by atoms with Gasteiger partial charge in [0.15, 0.2) is 0 Å². The van der Waals surface area contributed by atoms with Crippen LogP contribution in [0.4, 0.5) is 0 Å². The summed E-state index contributed by atoms with van der Waals surface area (Å²) < 4.78 is 0. The number of nitrogens with zero attached hydrogens (tertiary/aromatic N) is 1. The van der Waals surface area contributed by atoms with E-state index in [1.165, 1.54) is 36.8 Å². The van der Waals surface area contributed by atoms with Crippen LogP contribution in [-0.2, 0) is 5.75 Å². The second kappa shape index (κ2) is 7.74. The number of nitriles is 1. The topological polar surface area (TPSA) is 23.8 Å². The Labute approximate surface area is 127 Å². The Bertz CT molecular complexity index is 463. The van der Waals surface area contributed by atoms with Crippen molar-refractivity contribution in [3.8, 4) is 6.07 Å². The van der Waals surface area contributed by atoms with E-state index in [4.69, 9.17) is 0 Å². The summed E-state index contributed by atoms with van der Waals surface area (Å²) in [6.45, 7) is 4.41. The van der Waals surface area contributed by atoms with Crippen molar-refractivity contribution in [3.05, 3.63) is 35.4 Å². The van der Waals surface area contributed by atoms with Gasteiger partial charge < -0.3 is 0 Å². The quantitative estimate of drug-likeness (QED) is 0.730. The van der Waals surface area contributed by atoms with Gasteiger partial charge in [0.05, 0.1) is 12.0 Å². The first-order chi connectivity index (χ1) is 9.72. The fraction of sp³-hybridized carbons (Fsp3) is 0.611. The second-order valence-corrected chi connectivity index (χ2v) is 7.27. The van der Waals surface area contributed by atoms with E-state index in [9.17, 15) is 5.26 Å². The van der Waals surface area contributed by atoms with Crippen molar-refractivity contribution in [2.75, 3.05) is 0 Å². The van der Waals surface area contributed by atoms with E-state index in [1.807, 2.05) is 11.8 Å². The molecule has 3 unspecified atom stereocenters. The minimum absolute atomic E-state index is 0.262. The van der Waals surface area contributed by atoms with Crippen molar-refractivity contribution in [2.24, 2.45) is 11.8 Å². The first-order valence-corrected chi connectivity index (χ1v) is 8.84. The minimum atomic E-state index is 0.262. The molecule has 3 atom stereocenters. The van der Waals surface area contributed by atoms with Gasteiger partial charge in [-0.3, -0.25) is 0 Å². The molecule has 1 fully saturated rings. The maximum absolute atomic E-state index is 9.36. The number of benzene rings is 1. The van der Waals surface area contributed by atoms with E-state index in [0.29, 0.717) is 5.25 Å². The third-order valence-corrected chi connectivity index (χ3v) is 5.76. The normalized spacial score (nSPS) is 26.1. The number of hydrogen-bond donors (Lipinski definition) is 0. The largest absolute Gasteiger partial charge is 0.198 e. The molecule has 1 aromatic carbocycles. The Kier molecular flexibility index (Phi) is 5.98. The summed E-state index contributed by atoms with van der Waals surface area (Å²) in [4.78, 5) is 0. The third-order valence-electron chi connectivity index (χ3n) is 4.31. The highest BCUT2D eigenvalue weighted by molar-refractivity contribution is 7.99. The predicted octanol–water partition coefficient (Wildman–Crippen LogP) is 5.34. The fourth-order valence-electron chi connectivity index (χ4n) is 3.22. The number of hydrogen-bond acceptors (Lipinski definition) is 2. The smallest absolute Gasteiger partial charge is 0.0667 e. The van der Waals surface area contributed by atoms with Crippen molar-refractivity contribution >= 4 is 11.8 Å². The minimum Gasteiger partial charge on any atom is -0.198 e. The van der Waals surface area contributed by atoms with Crippen molar-refractivity contribution in [1.29, 1.82) is 5.26 Å². The van der Waals surface area contributed by atoms with Crippen molar-refractivity contribution in [1.82, 2.24) is 0 Å². The zero-order valence-corrected chi connectivity index (χ0v) is 13.5. The number of thioether (sulfide) groups is 1. The predicted molar refractivity (Wildman–Crippen MR) is 87.6 cm³/mol. The maximum Gasteiger partial charge on any atom is 0.0667 e. The molecule has 0 heterocycles. The monoisotopic (exact) mass is 287 g/mol. The molecule has 0 aromatic heterocycles. The highest BCUT2D eigenvalue weighted by Crippen LogP contribution is 2.39. The van der Waals surface area contributed by atoms with Crippen LogP contribution in [0.25, 0.3) is 0 Å². The molecule has 20 heavy (non-hydrogen) atoms. The zero-order valence-electron chi connectivity index (χ0n) is 12.6. The molecule has 1 saturated carbocycles. The summed E-state index contributed by atoms with van der Waals surface area (Å²) in [5, 5.41) is 9.89. The van der Waals surface area contributed by atoms with Gasteiger partial charge >= 0.3 is 0 Å². The third kappa shape index (κ3) is 4.28. The molecule has 0 spiro atoms. The van der Waals surface area contributed by atoms with Crippen molar-refractivity contribution in [2.45, 2.75) is 57.0 Å². The maximum atomic E-state index is 9.36. The Morgan fingerprint density at radius 2 is 2.20 bits per heavy atom. The van der Waals surface area contributed by atoms with Crippen LogP contribution < -0.4 is 0 Å². The standard InChI is InChI=1S/C18H25NS/c1-3-5-15-8-9-17(12-19)18(11-15)20-13-16-7-4-6-14(2)10-16/h4,6-7,10,15,17-18H,3,5,8-9,11,13H2,1-2H3. The average molecular weight is 287 g/mol. The van der Waals surface area contributed by atoms with Gasteiger partial charge in [-0.2, -0.15) is 17.0 Å². The van der Waals surface area contributed by atoms with Gasteiger partial charge in [0.2, 0.25) is 0 Å². The van der Waals surface area contributed by atoms with Gasteiger partial charge in [-0.25, -0.2) is 0 Å². The van der Waals surface area contributed by atoms with E-state index < -0.39 is 0 Å². The highest BCUT2D eigenvalue weighted by Gasteiger charge is 2.30. The first kappa shape index (κ1) is 15.4. The summed E-state index contributed by atoms with van der Waals surface area (Å²) in [6.07, 6.45) is 6.21. The fourth-order valence-corrected chi connectivity index (χ4v) is 4.64. The SMILES string of the molecule is CCCC1CCC(C#N)C(SCc2cccc(C)c2)C1. The molecule has 1 aliphatic carbocycles. The molecular formula is C18H25NS. The lowest BCUT2D eigenvalue weighted by Crippen LogP contribution is -2.26. The molecule has 0 saturated heterocycles. The average Bonchev–Trinajstić information content (AvgIpc) is 2.46. The van der Waals surface area contributed by atoms with Crippen LogP contribution in [0.3, 0.4) is 0 Å². The molecule has 0 radical (unpaired) electrons. The van der Waals surface area contributed by atoms with E-state index in [-0.39, 0.29) is 5.92 Å². The Balaban J connectivity index is 1.92. The lowest BCUT2D eigenvalue weighted by molar-refractivity contribution is 0.307. The van der Waals surface area contributed by atoms with Crippen molar-refractivity contribution in [3.63, 3.8) is 0 Å².